The van der Waals surface area contributed by atoms with E-state index in [0.29, 0.717) is 6.04 Å². The van der Waals surface area contributed by atoms with Gasteiger partial charge in [-0.25, -0.2) is 4.98 Å². The molecule has 0 aromatic carbocycles. The molecule has 1 aliphatic heterocycles. The molecule has 1 N–H and O–H groups in total. The third kappa shape index (κ3) is 2.70. The predicted molar refractivity (Wildman–Crippen MR) is 74.7 cm³/mol. The first-order chi connectivity index (χ1) is 9.28. The van der Waals surface area contributed by atoms with Crippen molar-refractivity contribution in [3.8, 4) is 0 Å². The van der Waals surface area contributed by atoms with Gasteiger partial charge in [-0.05, 0) is 25.2 Å². The summed E-state index contributed by atoms with van der Waals surface area (Å²) < 4.78 is 2.23. The fraction of sp³-hybridized carbons (Fsp3) is 0.800. The Morgan fingerprint density at radius 1 is 1.37 bits per heavy atom. The fourth-order valence-corrected chi connectivity index (χ4v) is 3.75. The summed E-state index contributed by atoms with van der Waals surface area (Å²) in [4.78, 5) is 6.88. The van der Waals surface area contributed by atoms with Crippen LogP contribution in [0.2, 0.25) is 0 Å². The highest BCUT2D eigenvalue weighted by Gasteiger charge is 2.34. The molecule has 2 aliphatic rings. The summed E-state index contributed by atoms with van der Waals surface area (Å²) >= 11 is 0. The van der Waals surface area contributed by atoms with Crippen molar-refractivity contribution in [2.24, 2.45) is 5.92 Å². The van der Waals surface area contributed by atoms with E-state index in [1.807, 2.05) is 6.20 Å². The first kappa shape index (κ1) is 13.1. The van der Waals surface area contributed by atoms with Crippen LogP contribution in [0.4, 0.5) is 0 Å². The van der Waals surface area contributed by atoms with Gasteiger partial charge in [-0.3, -0.25) is 4.90 Å². The van der Waals surface area contributed by atoms with Crippen LogP contribution in [-0.4, -0.2) is 38.2 Å². The van der Waals surface area contributed by atoms with E-state index in [4.69, 9.17) is 0 Å². The van der Waals surface area contributed by atoms with Crippen molar-refractivity contribution in [1.82, 2.24) is 14.5 Å². The van der Waals surface area contributed by atoms with Gasteiger partial charge >= 0.3 is 0 Å². The van der Waals surface area contributed by atoms with E-state index in [2.05, 4.69) is 27.6 Å². The van der Waals surface area contributed by atoms with Crippen LogP contribution >= 0.6 is 0 Å². The topological polar surface area (TPSA) is 41.3 Å². The standard InChI is InChI=1S/C15H25N3O/c1-2-3-12-4-5-14(19)13(10-12)18-9-8-17-7-6-16-15(17)11-18/h6-7,12-14,19H,2-5,8-11H2,1H3. The van der Waals surface area contributed by atoms with Gasteiger partial charge in [-0.2, -0.15) is 0 Å². The molecule has 106 valence electrons. The Balaban J connectivity index is 1.67. The quantitative estimate of drug-likeness (QED) is 0.907. The van der Waals surface area contributed by atoms with Gasteiger partial charge in [0.1, 0.15) is 5.82 Å². The lowest BCUT2D eigenvalue weighted by Crippen LogP contribution is -2.50. The second kappa shape index (κ2) is 5.63. The number of fused-ring (bicyclic) bond motifs is 1. The number of hydrogen-bond donors (Lipinski definition) is 1. The lowest BCUT2D eigenvalue weighted by Gasteiger charge is -2.42. The second-order valence-electron chi connectivity index (χ2n) is 6.11. The molecule has 0 amide bonds. The maximum absolute atomic E-state index is 10.3. The normalized spacial score (nSPS) is 32.2. The minimum Gasteiger partial charge on any atom is -0.391 e. The van der Waals surface area contributed by atoms with Crippen molar-refractivity contribution in [2.45, 2.75) is 64.3 Å². The molecule has 3 rings (SSSR count). The van der Waals surface area contributed by atoms with E-state index < -0.39 is 0 Å². The fourth-order valence-electron chi connectivity index (χ4n) is 3.75. The van der Waals surface area contributed by atoms with Gasteiger partial charge in [-0.1, -0.05) is 19.8 Å². The van der Waals surface area contributed by atoms with Crippen LogP contribution in [0.3, 0.4) is 0 Å². The first-order valence-electron chi connectivity index (χ1n) is 7.70. The van der Waals surface area contributed by atoms with E-state index in [1.54, 1.807) is 0 Å². The number of imidazole rings is 1. The zero-order valence-corrected chi connectivity index (χ0v) is 11.8. The maximum atomic E-state index is 10.3. The zero-order chi connectivity index (χ0) is 13.2. The van der Waals surface area contributed by atoms with Gasteiger partial charge in [0.05, 0.1) is 12.6 Å². The Bertz CT molecular complexity index is 417. The molecule has 1 aromatic rings. The molecule has 3 atom stereocenters. The average Bonchev–Trinajstić information content (AvgIpc) is 2.88. The molecule has 4 nitrogen and oxygen atoms in total. The summed E-state index contributed by atoms with van der Waals surface area (Å²) in [7, 11) is 0. The van der Waals surface area contributed by atoms with Crippen LogP contribution in [0.5, 0.6) is 0 Å². The first-order valence-corrected chi connectivity index (χ1v) is 7.70. The second-order valence-corrected chi connectivity index (χ2v) is 6.11. The molecular weight excluding hydrogens is 238 g/mol. The SMILES string of the molecule is CCCC1CCC(O)C(N2CCn3ccnc3C2)C1. The molecule has 0 bridgehead atoms. The number of aliphatic hydroxyl groups is 1. The third-order valence-corrected chi connectivity index (χ3v) is 4.83. The van der Waals surface area contributed by atoms with Gasteiger partial charge in [-0.15, -0.1) is 0 Å². The summed E-state index contributed by atoms with van der Waals surface area (Å²) in [6, 6.07) is 0.343. The summed E-state index contributed by atoms with van der Waals surface area (Å²) in [6.07, 6.45) is 9.71. The van der Waals surface area contributed by atoms with Crippen molar-refractivity contribution in [3.05, 3.63) is 18.2 Å². The van der Waals surface area contributed by atoms with Crippen LogP contribution in [-0.2, 0) is 13.1 Å². The van der Waals surface area contributed by atoms with E-state index in [9.17, 15) is 5.11 Å². The van der Waals surface area contributed by atoms with Crippen LogP contribution in [0.25, 0.3) is 0 Å². The molecule has 0 spiro atoms. The lowest BCUT2D eigenvalue weighted by atomic mass is 9.80. The van der Waals surface area contributed by atoms with E-state index >= 15 is 0 Å². The Labute approximate surface area is 115 Å². The zero-order valence-electron chi connectivity index (χ0n) is 11.8. The molecule has 2 heterocycles. The number of nitrogens with zero attached hydrogens (tertiary/aromatic N) is 3. The van der Waals surface area contributed by atoms with E-state index in [-0.39, 0.29) is 6.10 Å². The van der Waals surface area contributed by atoms with Crippen LogP contribution < -0.4 is 0 Å². The largest absolute Gasteiger partial charge is 0.391 e. The number of aliphatic hydroxyl groups excluding tert-OH is 1. The molecule has 1 saturated carbocycles. The molecule has 0 radical (unpaired) electrons. The minimum absolute atomic E-state index is 0.144. The van der Waals surface area contributed by atoms with Crippen molar-refractivity contribution in [1.29, 1.82) is 0 Å². The highest BCUT2D eigenvalue weighted by molar-refractivity contribution is 4.98. The van der Waals surface area contributed by atoms with Gasteiger partial charge in [0.15, 0.2) is 0 Å². The van der Waals surface area contributed by atoms with Crippen LogP contribution in [0.1, 0.15) is 44.9 Å². The van der Waals surface area contributed by atoms with Crippen molar-refractivity contribution in [3.63, 3.8) is 0 Å². The Hall–Kier alpha value is -0.870. The van der Waals surface area contributed by atoms with Crippen LogP contribution in [0.15, 0.2) is 12.4 Å². The molecule has 1 aliphatic carbocycles. The molecule has 3 unspecified atom stereocenters. The summed E-state index contributed by atoms with van der Waals surface area (Å²) in [6.45, 7) is 5.21. The Kier molecular flexibility index (Phi) is 3.89. The van der Waals surface area contributed by atoms with Crippen LogP contribution in [0, 0.1) is 5.92 Å². The molecule has 0 saturated heterocycles. The lowest BCUT2D eigenvalue weighted by molar-refractivity contribution is -0.0103. The number of aromatic nitrogens is 2. The third-order valence-electron chi connectivity index (χ3n) is 4.83. The Morgan fingerprint density at radius 2 is 2.26 bits per heavy atom. The highest BCUT2D eigenvalue weighted by atomic mass is 16.3. The highest BCUT2D eigenvalue weighted by Crippen LogP contribution is 2.32. The van der Waals surface area contributed by atoms with Crippen molar-refractivity contribution in [2.75, 3.05) is 6.54 Å². The average molecular weight is 263 g/mol. The summed E-state index contributed by atoms with van der Waals surface area (Å²) in [5.74, 6) is 1.95. The van der Waals surface area contributed by atoms with Crippen molar-refractivity contribution >= 4 is 0 Å². The van der Waals surface area contributed by atoms with Gasteiger partial charge in [0.25, 0.3) is 0 Å². The summed E-state index contributed by atoms with van der Waals surface area (Å²) in [5, 5.41) is 10.3. The van der Waals surface area contributed by atoms with Crippen molar-refractivity contribution < 1.29 is 5.11 Å². The van der Waals surface area contributed by atoms with E-state index in [1.165, 1.54) is 19.3 Å². The van der Waals surface area contributed by atoms with Gasteiger partial charge < -0.3 is 9.67 Å². The molecule has 4 heteroatoms. The predicted octanol–water partition coefficient (Wildman–Crippen LogP) is 2.03. The maximum Gasteiger partial charge on any atom is 0.122 e. The monoisotopic (exact) mass is 263 g/mol. The molecule has 1 fully saturated rings. The van der Waals surface area contributed by atoms with E-state index in [0.717, 1.165) is 44.2 Å². The number of rotatable bonds is 3. The van der Waals surface area contributed by atoms with Gasteiger partial charge in [0.2, 0.25) is 0 Å². The molecule has 19 heavy (non-hydrogen) atoms. The number of hydrogen-bond acceptors (Lipinski definition) is 3. The minimum atomic E-state index is -0.144. The molecular formula is C15H25N3O. The summed E-state index contributed by atoms with van der Waals surface area (Å²) in [5.41, 5.74) is 0. The molecule has 1 aromatic heterocycles. The Morgan fingerprint density at radius 3 is 3.11 bits per heavy atom. The smallest absolute Gasteiger partial charge is 0.122 e. The van der Waals surface area contributed by atoms with Gasteiger partial charge in [0, 0.05) is 31.5 Å².